The van der Waals surface area contributed by atoms with Gasteiger partial charge < -0.3 is 14.4 Å². The van der Waals surface area contributed by atoms with Crippen LogP contribution in [0.15, 0.2) is 11.5 Å². The van der Waals surface area contributed by atoms with E-state index in [1.54, 1.807) is 0 Å². The number of rotatable bonds is 4. The predicted octanol–water partition coefficient (Wildman–Crippen LogP) is -0.240. The molecule has 8 nitrogen and oxygen atoms in total. The third kappa shape index (κ3) is 2.31. The van der Waals surface area contributed by atoms with Gasteiger partial charge in [-0.1, -0.05) is 0 Å². The molecule has 0 aliphatic carbocycles. The summed E-state index contributed by atoms with van der Waals surface area (Å²) in [4.78, 5) is 23.5. The minimum absolute atomic E-state index is 0.543. The second-order valence-electron chi connectivity index (χ2n) is 4.81. The second-order valence-corrected chi connectivity index (χ2v) is 6.34. The molecule has 0 spiro atoms. The largest absolute Gasteiger partial charge is 0.534 e. The number of hydrogen-bond donors (Lipinski definition) is 2. The van der Waals surface area contributed by atoms with Gasteiger partial charge in [0.2, 0.25) is 5.91 Å². The molecule has 2 rings (SSSR count). The van der Waals surface area contributed by atoms with Crippen LogP contribution >= 0.6 is 0 Å². The van der Waals surface area contributed by atoms with Crippen LogP contribution in [0.2, 0.25) is 0 Å². The number of carbonyl (C=O) groups excluding carboxylic acids is 1. The van der Waals surface area contributed by atoms with E-state index in [9.17, 15) is 36.3 Å². The molecule has 0 aromatic rings. The van der Waals surface area contributed by atoms with Gasteiger partial charge in [-0.3, -0.25) is 9.69 Å². The van der Waals surface area contributed by atoms with E-state index in [-0.39, 0.29) is 0 Å². The number of fused-ring (bicyclic) bond motifs is 1. The van der Waals surface area contributed by atoms with Gasteiger partial charge in [0.1, 0.15) is 0 Å². The Hall–Kier alpha value is -1.82. The highest BCUT2D eigenvalue weighted by Crippen LogP contribution is 2.45. The lowest BCUT2D eigenvalue weighted by Crippen LogP contribution is -2.61. The Labute approximate surface area is 121 Å². The van der Waals surface area contributed by atoms with Crippen molar-refractivity contribution in [1.82, 2.24) is 4.90 Å². The first-order chi connectivity index (χ1) is 9.88. The number of β-lactam (4-membered cyclic amide) rings is 1. The summed E-state index contributed by atoms with van der Waals surface area (Å²) >= 11 is 0. The first-order valence-corrected chi connectivity index (χ1v) is 7.27. The van der Waals surface area contributed by atoms with Crippen molar-refractivity contribution in [3.05, 3.63) is 11.5 Å². The molecular weight excluding hydrogens is 335 g/mol. The molecule has 12 heteroatoms. The van der Waals surface area contributed by atoms with Gasteiger partial charge in [-0.05, 0) is 6.92 Å². The van der Waals surface area contributed by atoms with Crippen molar-refractivity contribution in [3.8, 4) is 0 Å². The van der Waals surface area contributed by atoms with E-state index in [1.807, 2.05) is 0 Å². The molecule has 0 saturated carbocycles. The summed E-state index contributed by atoms with van der Waals surface area (Å²) in [7, 11) is -6.04. The molecule has 0 aromatic carbocycles. The van der Waals surface area contributed by atoms with E-state index < -0.39 is 63.4 Å². The molecule has 0 bridgehead atoms. The van der Waals surface area contributed by atoms with Crippen LogP contribution in [0.5, 0.6) is 0 Å². The molecule has 3 atom stereocenters. The molecule has 2 aliphatic rings. The lowest BCUT2D eigenvalue weighted by atomic mass is 9.83. The smallest absolute Gasteiger partial charge is 0.476 e. The molecule has 0 aromatic heterocycles. The van der Waals surface area contributed by atoms with Gasteiger partial charge in [0.25, 0.3) is 0 Å². The van der Waals surface area contributed by atoms with Crippen LogP contribution in [0, 0.1) is 5.92 Å². The van der Waals surface area contributed by atoms with Crippen molar-refractivity contribution in [2.24, 2.45) is 5.92 Å². The zero-order chi connectivity index (χ0) is 17.0. The Bertz CT molecular complexity index is 666. The van der Waals surface area contributed by atoms with Gasteiger partial charge in [0, 0.05) is 6.42 Å². The summed E-state index contributed by atoms with van der Waals surface area (Å²) in [5.41, 5.74) is -6.69. The van der Waals surface area contributed by atoms with Crippen LogP contribution in [0.25, 0.3) is 0 Å². The first kappa shape index (κ1) is 16.5. The Morgan fingerprint density at radius 1 is 1.45 bits per heavy atom. The normalized spacial score (nSPS) is 26.6. The number of aliphatic carboxylic acids is 1. The van der Waals surface area contributed by atoms with Crippen LogP contribution < -0.4 is 0 Å². The summed E-state index contributed by atoms with van der Waals surface area (Å²) in [5, 5.41) is 18.4. The van der Waals surface area contributed by atoms with Gasteiger partial charge in [-0.25, -0.2) is 4.79 Å². The molecule has 0 unspecified atom stereocenters. The third-order valence-corrected chi connectivity index (χ3v) is 4.37. The fraction of sp³-hybridized carbons (Fsp3) is 0.600. The number of hydrogen-bond acceptors (Lipinski definition) is 6. The van der Waals surface area contributed by atoms with Crippen LogP contribution in [-0.4, -0.2) is 53.1 Å². The lowest BCUT2D eigenvalue weighted by Gasteiger charge is -2.44. The quantitative estimate of drug-likeness (QED) is 0.410. The van der Waals surface area contributed by atoms with E-state index in [0.717, 1.165) is 0 Å². The topological polar surface area (TPSA) is 121 Å². The van der Waals surface area contributed by atoms with E-state index in [2.05, 4.69) is 4.18 Å². The monoisotopic (exact) mass is 345 g/mol. The van der Waals surface area contributed by atoms with Gasteiger partial charge >= 0.3 is 21.6 Å². The van der Waals surface area contributed by atoms with Crippen molar-refractivity contribution >= 4 is 22.0 Å². The van der Waals surface area contributed by atoms with Crippen LogP contribution in [0.1, 0.15) is 13.3 Å². The van der Waals surface area contributed by atoms with Crippen LogP contribution in [0.3, 0.4) is 0 Å². The Morgan fingerprint density at radius 2 is 2.00 bits per heavy atom. The summed E-state index contributed by atoms with van der Waals surface area (Å²) in [5.74, 6) is -4.62. The average Bonchev–Trinajstić information content (AvgIpc) is 2.61. The molecule has 1 amide bonds. The van der Waals surface area contributed by atoms with Gasteiger partial charge in [0.05, 0.1) is 18.1 Å². The van der Waals surface area contributed by atoms with Crippen molar-refractivity contribution in [2.45, 2.75) is 31.0 Å². The van der Waals surface area contributed by atoms with Gasteiger partial charge in [0.15, 0.2) is 11.5 Å². The summed E-state index contributed by atoms with van der Waals surface area (Å²) in [6.07, 6.45) is -1.71. The molecular formula is C10H10F3NO7S. The summed E-state index contributed by atoms with van der Waals surface area (Å²) in [6, 6.07) is -0.947. The van der Waals surface area contributed by atoms with Crippen molar-refractivity contribution in [3.63, 3.8) is 0 Å². The molecule has 0 radical (unpaired) electrons. The fourth-order valence-corrected chi connectivity index (χ4v) is 2.99. The SMILES string of the molecule is C[C@@H](O)[C@H]1C(=O)N2C(C(=O)O)=C(OS(=O)(=O)C(F)(F)F)C[C@H]12. The van der Waals surface area contributed by atoms with Crippen molar-refractivity contribution in [2.75, 3.05) is 0 Å². The Morgan fingerprint density at radius 3 is 2.41 bits per heavy atom. The number of aliphatic hydroxyl groups excluding tert-OH is 1. The number of aliphatic hydroxyl groups is 1. The predicted molar refractivity (Wildman–Crippen MR) is 61.1 cm³/mol. The number of carboxylic acid groups (broad SMARTS) is 1. The summed E-state index contributed by atoms with van der Waals surface area (Å²) < 4.78 is 62.7. The van der Waals surface area contributed by atoms with E-state index >= 15 is 0 Å². The molecule has 1 saturated heterocycles. The van der Waals surface area contributed by atoms with Crippen molar-refractivity contribution in [1.29, 1.82) is 0 Å². The minimum atomic E-state index is -6.04. The minimum Gasteiger partial charge on any atom is -0.476 e. The number of halogens is 3. The van der Waals surface area contributed by atoms with E-state index in [1.165, 1.54) is 6.92 Å². The maximum Gasteiger partial charge on any atom is 0.534 e. The van der Waals surface area contributed by atoms with E-state index in [4.69, 9.17) is 5.11 Å². The van der Waals surface area contributed by atoms with Crippen LogP contribution in [-0.2, 0) is 23.9 Å². The number of carbonyl (C=O) groups is 2. The number of amides is 1. The molecule has 2 heterocycles. The average molecular weight is 345 g/mol. The lowest BCUT2D eigenvalue weighted by molar-refractivity contribution is -0.161. The fourth-order valence-electron chi connectivity index (χ4n) is 2.49. The number of carboxylic acids is 1. The molecule has 1 fully saturated rings. The molecule has 124 valence electrons. The highest BCUT2D eigenvalue weighted by atomic mass is 32.2. The Kier molecular flexibility index (Phi) is 3.64. The molecule has 22 heavy (non-hydrogen) atoms. The Balaban J connectivity index is 2.37. The van der Waals surface area contributed by atoms with Gasteiger partial charge in [-0.15, -0.1) is 0 Å². The zero-order valence-corrected chi connectivity index (χ0v) is 11.7. The number of alkyl halides is 3. The highest BCUT2D eigenvalue weighted by Gasteiger charge is 2.59. The molecule has 2 aliphatic heterocycles. The summed E-state index contributed by atoms with van der Waals surface area (Å²) in [6.45, 7) is 1.26. The maximum absolute atomic E-state index is 12.3. The maximum atomic E-state index is 12.3. The number of nitrogens with zero attached hydrogens (tertiary/aromatic N) is 1. The third-order valence-electron chi connectivity index (χ3n) is 3.38. The van der Waals surface area contributed by atoms with Crippen molar-refractivity contribution < 1.29 is 45.6 Å². The van der Waals surface area contributed by atoms with E-state index in [0.29, 0.717) is 4.90 Å². The first-order valence-electron chi connectivity index (χ1n) is 5.87. The van der Waals surface area contributed by atoms with Gasteiger partial charge in [-0.2, -0.15) is 21.6 Å². The highest BCUT2D eigenvalue weighted by molar-refractivity contribution is 7.87. The second kappa shape index (κ2) is 4.84. The molecule has 2 N–H and O–H groups in total. The standard InChI is InChI=1S/C10H10F3NO7S/c1-3(15)6-4-2-5(21-22(19,20)10(11,12)13)7(9(17)18)14(4)8(6)16/h3-4,6,15H,2H2,1H3,(H,17,18)/t3-,4-,6-/m1/s1. The van der Waals surface area contributed by atoms with Crippen LogP contribution in [0.4, 0.5) is 13.2 Å². The zero-order valence-electron chi connectivity index (χ0n) is 10.9.